The molecule has 0 fully saturated rings. The number of rotatable bonds is 5. The number of hydrogen-bond acceptors (Lipinski definition) is 0. The van der Waals surface area contributed by atoms with Crippen LogP contribution in [0.5, 0.6) is 0 Å². The molecule has 0 atom stereocenters. The Morgan fingerprint density at radius 1 is 1.19 bits per heavy atom. The SMILES string of the molecule is C=C/C=C\C(=C/C)[Se](C1=CCC=CC=C1)c1ccccc1. The van der Waals surface area contributed by atoms with Gasteiger partial charge in [-0.15, -0.1) is 0 Å². The Morgan fingerprint density at radius 2 is 2.00 bits per heavy atom. The second-order valence-corrected chi connectivity index (χ2v) is 8.79. The van der Waals surface area contributed by atoms with Crippen LogP contribution in [0.2, 0.25) is 0 Å². The molecule has 0 aliphatic heterocycles. The average molecular weight is 340 g/mol. The summed E-state index contributed by atoms with van der Waals surface area (Å²) in [4.78, 5) is 0. The van der Waals surface area contributed by atoms with Gasteiger partial charge in [-0.05, 0) is 0 Å². The Hall–Kier alpha value is -1.82. The molecule has 0 unspecified atom stereocenters. The second-order valence-electron chi connectivity index (χ2n) is 4.53. The van der Waals surface area contributed by atoms with Crippen molar-refractivity contribution in [2.45, 2.75) is 13.3 Å². The normalized spacial score (nSPS) is 15.3. The summed E-state index contributed by atoms with van der Waals surface area (Å²) in [5.41, 5.74) is 0. The summed E-state index contributed by atoms with van der Waals surface area (Å²) >= 11 is -1.22. The van der Waals surface area contributed by atoms with Gasteiger partial charge >= 0.3 is 132 Å². The minimum atomic E-state index is -1.22. The van der Waals surface area contributed by atoms with Crippen molar-refractivity contribution in [1.82, 2.24) is 0 Å². The average Bonchev–Trinajstić information content (AvgIpc) is 2.81. The molecule has 0 heterocycles. The van der Waals surface area contributed by atoms with E-state index in [2.05, 4.69) is 86.4 Å². The predicted octanol–water partition coefficient (Wildman–Crippen LogP) is 4.60. The van der Waals surface area contributed by atoms with Gasteiger partial charge in [0.15, 0.2) is 0 Å². The third kappa shape index (κ3) is 4.32. The molecule has 0 aromatic heterocycles. The Kier molecular flexibility index (Phi) is 6.27. The molecule has 1 aliphatic carbocycles. The van der Waals surface area contributed by atoms with Gasteiger partial charge in [0.2, 0.25) is 0 Å². The van der Waals surface area contributed by atoms with Gasteiger partial charge in [0.05, 0.1) is 0 Å². The van der Waals surface area contributed by atoms with Gasteiger partial charge in [-0.2, -0.15) is 0 Å². The van der Waals surface area contributed by atoms with Gasteiger partial charge < -0.3 is 0 Å². The molecule has 1 aliphatic rings. The first-order chi connectivity index (χ1) is 10.4. The van der Waals surface area contributed by atoms with Crippen LogP contribution in [0.1, 0.15) is 13.3 Å². The first-order valence-electron chi connectivity index (χ1n) is 7.15. The topological polar surface area (TPSA) is 0 Å². The molecule has 21 heavy (non-hydrogen) atoms. The van der Waals surface area contributed by atoms with Crippen molar-refractivity contribution in [3.63, 3.8) is 0 Å². The Labute approximate surface area is 132 Å². The number of benzene rings is 1. The predicted molar refractivity (Wildman–Crippen MR) is 95.9 cm³/mol. The second kappa shape index (κ2) is 8.46. The summed E-state index contributed by atoms with van der Waals surface area (Å²) in [5.74, 6) is 0. The van der Waals surface area contributed by atoms with Gasteiger partial charge in [0.25, 0.3) is 0 Å². The van der Waals surface area contributed by atoms with Crippen molar-refractivity contribution in [3.05, 3.63) is 101 Å². The van der Waals surface area contributed by atoms with Gasteiger partial charge in [-0.3, -0.25) is 0 Å². The number of allylic oxidation sites excluding steroid dienone is 11. The van der Waals surface area contributed by atoms with Crippen molar-refractivity contribution < 1.29 is 0 Å². The zero-order valence-electron chi connectivity index (χ0n) is 12.4. The van der Waals surface area contributed by atoms with E-state index in [9.17, 15) is 0 Å². The molecule has 0 N–H and O–H groups in total. The molecule has 1 aromatic carbocycles. The van der Waals surface area contributed by atoms with Crippen molar-refractivity contribution >= 4 is 18.4 Å². The van der Waals surface area contributed by atoms with E-state index >= 15 is 0 Å². The summed E-state index contributed by atoms with van der Waals surface area (Å²) in [6, 6.07) is 10.9. The zero-order chi connectivity index (χ0) is 14.9. The van der Waals surface area contributed by atoms with Gasteiger partial charge in [0.1, 0.15) is 0 Å². The monoisotopic (exact) mass is 341 g/mol. The molecule has 107 valence electrons. The maximum atomic E-state index is 3.79. The van der Waals surface area contributed by atoms with E-state index in [-0.39, 0.29) is 0 Å². The van der Waals surface area contributed by atoms with E-state index in [4.69, 9.17) is 0 Å². The minimum absolute atomic E-state index is 1.01. The van der Waals surface area contributed by atoms with Crippen LogP contribution >= 0.6 is 0 Å². The quantitative estimate of drug-likeness (QED) is 0.543. The zero-order valence-corrected chi connectivity index (χ0v) is 14.1. The van der Waals surface area contributed by atoms with Crippen LogP contribution < -0.4 is 4.46 Å². The van der Waals surface area contributed by atoms with Gasteiger partial charge in [-0.25, -0.2) is 0 Å². The molecule has 0 saturated heterocycles. The summed E-state index contributed by atoms with van der Waals surface area (Å²) in [6.07, 6.45) is 20.5. The van der Waals surface area contributed by atoms with Crippen LogP contribution in [0.3, 0.4) is 0 Å². The van der Waals surface area contributed by atoms with E-state index in [1.807, 2.05) is 12.2 Å². The van der Waals surface area contributed by atoms with E-state index in [0.29, 0.717) is 0 Å². The molecular formula is C20H21Se. The standard InChI is InChI=1S/C20H21Se/c1-3-5-13-18(4-2)21(20-16-11-8-12-17-20)19-14-9-6-7-10-15-19/h3-9,11-17H,1,10H2,2H3/b13-5-,18-4+. The van der Waals surface area contributed by atoms with Gasteiger partial charge in [-0.1, -0.05) is 0 Å². The van der Waals surface area contributed by atoms with Crippen molar-refractivity contribution in [3.8, 4) is 0 Å². The van der Waals surface area contributed by atoms with Crippen molar-refractivity contribution in [1.29, 1.82) is 0 Å². The van der Waals surface area contributed by atoms with Crippen molar-refractivity contribution in [2.75, 3.05) is 0 Å². The molecular weight excluding hydrogens is 319 g/mol. The molecule has 0 spiro atoms. The summed E-state index contributed by atoms with van der Waals surface area (Å²) in [7, 11) is 0. The first kappa shape index (κ1) is 15.6. The van der Waals surface area contributed by atoms with Crippen LogP contribution in [0.4, 0.5) is 0 Å². The van der Waals surface area contributed by atoms with E-state index in [1.54, 1.807) is 0 Å². The number of hydrogen-bond donors (Lipinski definition) is 0. The summed E-state index contributed by atoms with van der Waals surface area (Å²) < 4.78 is 4.32. The fraction of sp³-hybridized carbons (Fsp3) is 0.100. The Bertz CT molecular complexity index is 612. The third-order valence-corrected chi connectivity index (χ3v) is 8.05. The summed E-state index contributed by atoms with van der Waals surface area (Å²) in [5, 5.41) is 0. The summed E-state index contributed by atoms with van der Waals surface area (Å²) in [6.45, 7) is 5.91. The van der Waals surface area contributed by atoms with Gasteiger partial charge in [0, 0.05) is 0 Å². The molecule has 1 aromatic rings. The van der Waals surface area contributed by atoms with Crippen LogP contribution in [0.25, 0.3) is 0 Å². The molecule has 2 rings (SSSR count). The van der Waals surface area contributed by atoms with E-state index in [1.165, 1.54) is 13.4 Å². The fourth-order valence-electron chi connectivity index (χ4n) is 2.12. The van der Waals surface area contributed by atoms with Crippen LogP contribution in [0.15, 0.2) is 101 Å². The first-order valence-corrected chi connectivity index (χ1v) is 9.72. The molecule has 1 radical (unpaired) electrons. The molecule has 0 saturated carbocycles. The molecule has 0 bridgehead atoms. The van der Waals surface area contributed by atoms with Crippen LogP contribution in [-0.2, 0) is 0 Å². The maximum absolute atomic E-state index is 3.79. The molecule has 0 amide bonds. The van der Waals surface area contributed by atoms with Crippen LogP contribution in [0, 0.1) is 0 Å². The Balaban J connectivity index is 2.46. The van der Waals surface area contributed by atoms with E-state index < -0.39 is 13.9 Å². The van der Waals surface area contributed by atoms with E-state index in [0.717, 1.165) is 6.42 Å². The third-order valence-electron chi connectivity index (χ3n) is 3.09. The van der Waals surface area contributed by atoms with Crippen LogP contribution in [-0.4, -0.2) is 13.9 Å². The van der Waals surface area contributed by atoms with Crippen molar-refractivity contribution in [2.24, 2.45) is 0 Å². The fourth-order valence-corrected chi connectivity index (χ4v) is 6.68. The Morgan fingerprint density at radius 3 is 2.71 bits per heavy atom. The molecule has 1 heteroatoms. The molecule has 0 nitrogen and oxygen atoms in total.